The number of phosphoric acid groups is 1. The van der Waals surface area contributed by atoms with E-state index in [1.165, 1.54) is 44.9 Å². The number of rotatable bonds is 35. The Kier molecular flexibility index (Phi) is 35.9. The van der Waals surface area contributed by atoms with Gasteiger partial charge in [0.1, 0.15) is 6.61 Å². The summed E-state index contributed by atoms with van der Waals surface area (Å²) >= 11 is 0. The zero-order chi connectivity index (χ0) is 38.2. The summed E-state index contributed by atoms with van der Waals surface area (Å²) in [6.45, 7) is 3.55. The second-order valence-electron chi connectivity index (χ2n) is 12.9. The number of unbranched alkanes of at least 4 members (excludes halogenated alkanes) is 11. The van der Waals surface area contributed by atoms with E-state index < -0.39 is 32.5 Å². The van der Waals surface area contributed by atoms with Gasteiger partial charge in [0, 0.05) is 12.8 Å². The second-order valence-corrected chi connectivity index (χ2v) is 14.1. The monoisotopic (exact) mass is 746 g/mol. The first-order chi connectivity index (χ1) is 25.3. The molecule has 0 bridgehead atoms. The summed E-state index contributed by atoms with van der Waals surface area (Å²) < 4.78 is 26.3. The van der Waals surface area contributed by atoms with Crippen LogP contribution >= 0.6 is 7.82 Å². The van der Waals surface area contributed by atoms with E-state index in [4.69, 9.17) is 19.3 Å². The van der Waals surface area contributed by atoms with Crippen molar-refractivity contribution in [2.24, 2.45) is 0 Å². The zero-order valence-electron chi connectivity index (χ0n) is 32.4. The number of carbonyl (C=O) groups excluding carboxylic acids is 2. The lowest BCUT2D eigenvalue weighted by atomic mass is 10.1. The minimum absolute atomic E-state index is 0.161. The van der Waals surface area contributed by atoms with Gasteiger partial charge in [-0.2, -0.15) is 0 Å². The molecule has 296 valence electrons. The molecule has 0 aromatic rings. The quantitative estimate of drug-likeness (QED) is 0.0285. The smallest absolute Gasteiger partial charge is 0.462 e. The van der Waals surface area contributed by atoms with Crippen LogP contribution in [-0.2, 0) is 28.2 Å². The number of phosphoric ester groups is 1. The van der Waals surface area contributed by atoms with Crippen molar-refractivity contribution in [3.63, 3.8) is 0 Å². The van der Waals surface area contributed by atoms with Crippen molar-refractivity contribution in [2.75, 3.05) is 13.2 Å². The van der Waals surface area contributed by atoms with Crippen LogP contribution in [0.5, 0.6) is 0 Å². The third-order valence-corrected chi connectivity index (χ3v) is 8.37. The Balaban J connectivity index is 4.11. The van der Waals surface area contributed by atoms with E-state index in [0.717, 1.165) is 70.6 Å². The molecule has 0 amide bonds. The lowest BCUT2D eigenvalue weighted by Crippen LogP contribution is -2.29. The van der Waals surface area contributed by atoms with Gasteiger partial charge in [0.2, 0.25) is 0 Å². The molecule has 0 rings (SSSR count). The van der Waals surface area contributed by atoms with Gasteiger partial charge in [0.15, 0.2) is 6.10 Å². The van der Waals surface area contributed by atoms with Gasteiger partial charge in [0.25, 0.3) is 0 Å². The van der Waals surface area contributed by atoms with Crippen molar-refractivity contribution in [1.29, 1.82) is 0 Å². The maximum atomic E-state index is 12.4. The van der Waals surface area contributed by atoms with Crippen LogP contribution in [0.25, 0.3) is 0 Å². The summed E-state index contributed by atoms with van der Waals surface area (Å²) in [4.78, 5) is 42.8. The summed E-state index contributed by atoms with van der Waals surface area (Å²) in [5.41, 5.74) is 0. The standard InChI is InChI=1S/C43H71O8P/c1-3-5-7-9-11-13-15-17-19-20-21-22-24-26-28-30-32-34-36-38-43(45)51-41(40-50-52(46,47)48)39-49-42(44)37-35-33-31-29-27-25-23-18-16-14-12-10-8-6-4-2/h11-14,17-19,21-23,26-29,41H,3-10,15-16,20,24-25,30-40H2,1-2H3,(H2,46,47,48)/b13-11+,14-12+,19-17+,22-21+,23-18+,28-26+,29-27+/t41-/m1/s1. The van der Waals surface area contributed by atoms with Crippen LogP contribution in [0.1, 0.15) is 155 Å². The third-order valence-electron chi connectivity index (χ3n) is 7.89. The molecule has 0 aromatic heterocycles. The molecule has 0 radical (unpaired) electrons. The lowest BCUT2D eigenvalue weighted by Gasteiger charge is -2.18. The average Bonchev–Trinajstić information content (AvgIpc) is 3.11. The molecule has 0 aliphatic rings. The van der Waals surface area contributed by atoms with Crippen molar-refractivity contribution < 1.29 is 37.9 Å². The molecule has 0 heterocycles. The topological polar surface area (TPSA) is 119 Å². The van der Waals surface area contributed by atoms with Crippen LogP contribution in [0.3, 0.4) is 0 Å². The molecule has 52 heavy (non-hydrogen) atoms. The van der Waals surface area contributed by atoms with Crippen LogP contribution in [0, 0.1) is 0 Å². The largest absolute Gasteiger partial charge is 0.469 e. The van der Waals surface area contributed by atoms with E-state index in [9.17, 15) is 14.2 Å². The van der Waals surface area contributed by atoms with E-state index in [2.05, 4.69) is 103 Å². The number of allylic oxidation sites excluding steroid dienone is 14. The first kappa shape index (κ1) is 49.2. The van der Waals surface area contributed by atoms with E-state index in [1.54, 1.807) is 0 Å². The Morgan fingerprint density at radius 2 is 0.865 bits per heavy atom. The van der Waals surface area contributed by atoms with Crippen molar-refractivity contribution in [3.05, 3.63) is 85.1 Å². The molecule has 0 spiro atoms. The predicted octanol–water partition coefficient (Wildman–Crippen LogP) is 12.1. The van der Waals surface area contributed by atoms with E-state index in [1.807, 2.05) is 0 Å². The van der Waals surface area contributed by atoms with Gasteiger partial charge in [-0.05, 0) is 96.3 Å². The first-order valence-corrected chi connectivity index (χ1v) is 21.4. The third kappa shape index (κ3) is 40.0. The number of esters is 2. The Bertz CT molecular complexity index is 1110. The maximum Gasteiger partial charge on any atom is 0.469 e. The summed E-state index contributed by atoms with van der Waals surface area (Å²) in [6, 6.07) is 0. The van der Waals surface area contributed by atoms with Crippen molar-refractivity contribution in [3.8, 4) is 0 Å². The average molecular weight is 747 g/mol. The van der Waals surface area contributed by atoms with Gasteiger partial charge in [0.05, 0.1) is 6.61 Å². The minimum atomic E-state index is -4.78. The van der Waals surface area contributed by atoms with Gasteiger partial charge in [-0.25, -0.2) is 4.57 Å². The van der Waals surface area contributed by atoms with Gasteiger partial charge in [-0.1, -0.05) is 131 Å². The van der Waals surface area contributed by atoms with Gasteiger partial charge < -0.3 is 19.3 Å². The summed E-state index contributed by atoms with van der Waals surface area (Å²) in [5.74, 6) is -0.975. The molecule has 0 fully saturated rings. The summed E-state index contributed by atoms with van der Waals surface area (Å²) in [7, 11) is -4.78. The highest BCUT2D eigenvalue weighted by Gasteiger charge is 2.22. The van der Waals surface area contributed by atoms with Crippen LogP contribution in [0.2, 0.25) is 0 Å². The highest BCUT2D eigenvalue weighted by Crippen LogP contribution is 2.36. The van der Waals surface area contributed by atoms with Crippen molar-refractivity contribution in [1.82, 2.24) is 0 Å². The molecule has 0 unspecified atom stereocenters. The fourth-order valence-corrected chi connectivity index (χ4v) is 5.25. The Morgan fingerprint density at radius 1 is 0.500 bits per heavy atom. The molecule has 0 aliphatic heterocycles. The molecular weight excluding hydrogens is 675 g/mol. The van der Waals surface area contributed by atoms with Crippen LogP contribution in [0.15, 0.2) is 85.1 Å². The molecule has 8 nitrogen and oxygen atoms in total. The summed E-state index contributed by atoms with van der Waals surface area (Å²) in [5, 5.41) is 0. The Hall–Kier alpha value is -2.77. The molecule has 0 aromatic carbocycles. The highest BCUT2D eigenvalue weighted by molar-refractivity contribution is 7.46. The second kappa shape index (κ2) is 38.0. The molecule has 0 aliphatic carbocycles. The Labute approximate surface area is 316 Å². The van der Waals surface area contributed by atoms with Crippen molar-refractivity contribution in [2.45, 2.75) is 161 Å². The normalized spacial score (nSPS) is 13.4. The Morgan fingerprint density at radius 3 is 1.29 bits per heavy atom. The number of ether oxygens (including phenoxy) is 2. The molecule has 2 N–H and O–H groups in total. The highest BCUT2D eigenvalue weighted by atomic mass is 31.2. The number of carbonyl (C=O) groups is 2. The zero-order valence-corrected chi connectivity index (χ0v) is 33.3. The first-order valence-electron chi connectivity index (χ1n) is 19.9. The van der Waals surface area contributed by atoms with Gasteiger partial charge in [-0.15, -0.1) is 0 Å². The maximum absolute atomic E-state index is 12.4. The predicted molar refractivity (Wildman–Crippen MR) is 216 cm³/mol. The van der Waals surface area contributed by atoms with Crippen LogP contribution in [0.4, 0.5) is 0 Å². The fraction of sp³-hybridized carbons (Fsp3) is 0.628. The van der Waals surface area contributed by atoms with E-state index in [0.29, 0.717) is 12.8 Å². The molecule has 1 atom stereocenters. The minimum Gasteiger partial charge on any atom is -0.462 e. The van der Waals surface area contributed by atoms with Crippen LogP contribution in [-0.4, -0.2) is 41.0 Å². The van der Waals surface area contributed by atoms with E-state index in [-0.39, 0.29) is 19.4 Å². The molecule has 0 saturated carbocycles. The molecule has 0 saturated heterocycles. The molecule has 9 heteroatoms. The molecular formula is C43H71O8P. The van der Waals surface area contributed by atoms with Crippen molar-refractivity contribution >= 4 is 19.8 Å². The number of hydrogen-bond acceptors (Lipinski definition) is 6. The SMILES string of the molecule is CCCCC/C=C/C/C=C/C/C=C/C/C=C/CCCCCC(=O)O[C@H](COC(=O)CCCC/C=C/C/C=C/C/C=C/CCCCC)COP(=O)(O)O. The van der Waals surface area contributed by atoms with E-state index >= 15 is 0 Å². The van der Waals surface area contributed by atoms with Gasteiger partial charge in [-0.3, -0.25) is 14.1 Å². The van der Waals surface area contributed by atoms with Gasteiger partial charge >= 0.3 is 19.8 Å². The lowest BCUT2D eigenvalue weighted by molar-refractivity contribution is -0.161. The fourth-order valence-electron chi connectivity index (χ4n) is 4.89. The summed E-state index contributed by atoms with van der Waals surface area (Å²) in [6.07, 6.45) is 50.1. The van der Waals surface area contributed by atoms with Crippen LogP contribution < -0.4 is 0 Å². The number of hydrogen-bond donors (Lipinski definition) is 2.